The molecule has 0 spiro atoms. The average molecular weight is 185 g/mol. The molecule has 1 atom stereocenters. The van der Waals surface area contributed by atoms with E-state index < -0.39 is 6.17 Å². The summed E-state index contributed by atoms with van der Waals surface area (Å²) in [7, 11) is 1.47. The number of carbonyl (C=O) groups excluding carboxylic acids is 2. The smallest absolute Gasteiger partial charge is 0.314 e. The average Bonchev–Trinajstić information content (AvgIpc) is 2.34. The molecule has 2 N–H and O–H groups in total. The minimum Gasteiger partial charge on any atom is -0.314 e. The van der Waals surface area contributed by atoms with E-state index in [0.717, 1.165) is 24.3 Å². The highest BCUT2D eigenvalue weighted by molar-refractivity contribution is 6.03. The van der Waals surface area contributed by atoms with Crippen LogP contribution in [0.5, 0.6) is 0 Å². The predicted octanol–water partition coefficient (Wildman–Crippen LogP) is -0.116. The second kappa shape index (κ2) is 4.23. The molecule has 0 radical (unpaired) electrons. The van der Waals surface area contributed by atoms with Crippen molar-refractivity contribution in [1.29, 1.82) is 0 Å². The molecule has 5 heteroatoms. The standard InChI is InChI=1S/C8H15N3O2/c1-3-4-5-9-6-7(12)11(2)8(13)10-6/h6,9H,3-5H2,1-2H3,(H,10,13). The molecular formula is C8H15N3O2. The first-order valence-electron chi connectivity index (χ1n) is 4.48. The van der Waals surface area contributed by atoms with Crippen LogP contribution in [0.25, 0.3) is 0 Å². The van der Waals surface area contributed by atoms with Crippen LogP contribution in [0.1, 0.15) is 19.8 Å². The normalized spacial score (nSPS) is 22.3. The summed E-state index contributed by atoms with van der Waals surface area (Å²) in [5, 5.41) is 5.51. The zero-order chi connectivity index (χ0) is 9.84. The van der Waals surface area contributed by atoms with Crippen molar-refractivity contribution in [2.45, 2.75) is 25.9 Å². The molecule has 0 bridgehead atoms. The van der Waals surface area contributed by atoms with Crippen molar-refractivity contribution in [3.63, 3.8) is 0 Å². The van der Waals surface area contributed by atoms with Crippen molar-refractivity contribution < 1.29 is 9.59 Å². The largest absolute Gasteiger partial charge is 0.325 e. The van der Waals surface area contributed by atoms with Gasteiger partial charge < -0.3 is 5.32 Å². The van der Waals surface area contributed by atoms with Gasteiger partial charge in [0.05, 0.1) is 0 Å². The van der Waals surface area contributed by atoms with Gasteiger partial charge in [-0.05, 0) is 13.0 Å². The molecule has 1 rings (SSSR count). The Bertz CT molecular complexity index is 217. The minimum absolute atomic E-state index is 0.207. The summed E-state index contributed by atoms with van der Waals surface area (Å²) >= 11 is 0. The predicted molar refractivity (Wildman–Crippen MR) is 48.0 cm³/mol. The van der Waals surface area contributed by atoms with Crippen LogP contribution in [0, 0.1) is 0 Å². The number of unbranched alkanes of at least 4 members (excludes halogenated alkanes) is 1. The molecule has 1 fully saturated rings. The maximum atomic E-state index is 11.3. The van der Waals surface area contributed by atoms with Crippen LogP contribution >= 0.6 is 0 Å². The number of amides is 3. The van der Waals surface area contributed by atoms with Gasteiger partial charge in [0, 0.05) is 7.05 Å². The Kier molecular flexibility index (Phi) is 3.25. The molecule has 0 aromatic heterocycles. The molecule has 0 aliphatic carbocycles. The third-order valence-corrected chi connectivity index (χ3v) is 2.03. The van der Waals surface area contributed by atoms with Gasteiger partial charge in [0.25, 0.3) is 5.91 Å². The molecule has 1 unspecified atom stereocenters. The van der Waals surface area contributed by atoms with E-state index in [0.29, 0.717) is 0 Å². The van der Waals surface area contributed by atoms with Crippen LogP contribution in [0.3, 0.4) is 0 Å². The summed E-state index contributed by atoms with van der Waals surface area (Å²) in [5.74, 6) is -0.207. The lowest BCUT2D eigenvalue weighted by Gasteiger charge is -2.09. The number of hydrogen-bond acceptors (Lipinski definition) is 3. The van der Waals surface area contributed by atoms with Crippen LogP contribution in [0.15, 0.2) is 0 Å². The molecule has 1 aliphatic heterocycles. The van der Waals surface area contributed by atoms with Crippen molar-refractivity contribution >= 4 is 11.9 Å². The molecule has 0 aromatic rings. The molecule has 1 aliphatic rings. The van der Waals surface area contributed by atoms with Gasteiger partial charge in [0.2, 0.25) is 0 Å². The number of nitrogens with one attached hydrogen (secondary N) is 2. The maximum absolute atomic E-state index is 11.3. The summed E-state index contributed by atoms with van der Waals surface area (Å²) in [5.41, 5.74) is 0. The number of urea groups is 1. The van der Waals surface area contributed by atoms with Crippen molar-refractivity contribution in [2.75, 3.05) is 13.6 Å². The third-order valence-electron chi connectivity index (χ3n) is 2.03. The summed E-state index contributed by atoms with van der Waals surface area (Å²) in [6.07, 6.45) is 1.55. The lowest BCUT2D eigenvalue weighted by Crippen LogP contribution is -2.43. The highest BCUT2D eigenvalue weighted by Gasteiger charge is 2.34. The Hall–Kier alpha value is -1.10. The van der Waals surface area contributed by atoms with E-state index in [2.05, 4.69) is 17.6 Å². The molecule has 3 amide bonds. The molecule has 13 heavy (non-hydrogen) atoms. The maximum Gasteiger partial charge on any atom is 0.325 e. The third kappa shape index (κ3) is 2.18. The van der Waals surface area contributed by atoms with Crippen molar-refractivity contribution in [1.82, 2.24) is 15.5 Å². The van der Waals surface area contributed by atoms with Gasteiger partial charge in [-0.3, -0.25) is 15.0 Å². The van der Waals surface area contributed by atoms with E-state index in [4.69, 9.17) is 0 Å². The molecule has 74 valence electrons. The summed E-state index contributed by atoms with van der Waals surface area (Å²) in [6, 6.07) is -0.334. The van der Waals surface area contributed by atoms with E-state index in [1.165, 1.54) is 7.05 Å². The molecule has 1 saturated heterocycles. The lowest BCUT2D eigenvalue weighted by molar-refractivity contribution is -0.127. The van der Waals surface area contributed by atoms with E-state index in [-0.39, 0.29) is 11.9 Å². The summed E-state index contributed by atoms with van der Waals surface area (Å²) in [6.45, 7) is 2.82. The van der Waals surface area contributed by atoms with E-state index in [1.54, 1.807) is 0 Å². The Morgan fingerprint density at radius 1 is 1.54 bits per heavy atom. The molecule has 0 aromatic carbocycles. The lowest BCUT2D eigenvalue weighted by atomic mass is 10.3. The highest BCUT2D eigenvalue weighted by atomic mass is 16.2. The van der Waals surface area contributed by atoms with Gasteiger partial charge in [-0.25, -0.2) is 4.79 Å². The number of likely N-dealkylation sites (N-methyl/N-ethyl adjacent to an activating group) is 1. The van der Waals surface area contributed by atoms with E-state index >= 15 is 0 Å². The molecular weight excluding hydrogens is 170 g/mol. The molecule has 0 saturated carbocycles. The van der Waals surface area contributed by atoms with Crippen molar-refractivity contribution in [2.24, 2.45) is 0 Å². The van der Waals surface area contributed by atoms with Gasteiger partial charge in [0.1, 0.15) is 0 Å². The van der Waals surface area contributed by atoms with Gasteiger partial charge in [-0.15, -0.1) is 0 Å². The van der Waals surface area contributed by atoms with Crippen molar-refractivity contribution in [3.05, 3.63) is 0 Å². The fourth-order valence-electron chi connectivity index (χ4n) is 1.14. The zero-order valence-electron chi connectivity index (χ0n) is 7.96. The SMILES string of the molecule is CCCCNC1NC(=O)N(C)C1=O. The van der Waals surface area contributed by atoms with Crippen LogP contribution in [-0.2, 0) is 4.79 Å². The van der Waals surface area contributed by atoms with Crippen LogP contribution in [0.4, 0.5) is 4.79 Å². The Morgan fingerprint density at radius 3 is 2.69 bits per heavy atom. The van der Waals surface area contributed by atoms with Crippen molar-refractivity contribution in [3.8, 4) is 0 Å². The quantitative estimate of drug-likeness (QED) is 0.474. The monoisotopic (exact) mass is 185 g/mol. The number of hydrogen-bond donors (Lipinski definition) is 2. The summed E-state index contributed by atoms with van der Waals surface area (Å²) < 4.78 is 0. The number of nitrogens with zero attached hydrogens (tertiary/aromatic N) is 1. The molecule has 5 nitrogen and oxygen atoms in total. The summed E-state index contributed by atoms with van der Waals surface area (Å²) in [4.78, 5) is 23.4. The fraction of sp³-hybridized carbons (Fsp3) is 0.750. The van der Waals surface area contributed by atoms with Crippen LogP contribution in [-0.4, -0.2) is 36.6 Å². The fourth-order valence-corrected chi connectivity index (χ4v) is 1.14. The van der Waals surface area contributed by atoms with Gasteiger partial charge in [0.15, 0.2) is 6.17 Å². The Balaban J connectivity index is 2.36. The first-order chi connectivity index (χ1) is 6.16. The first kappa shape index (κ1) is 9.98. The Labute approximate surface area is 77.5 Å². The molecule has 1 heterocycles. The van der Waals surface area contributed by atoms with E-state index in [1.807, 2.05) is 0 Å². The Morgan fingerprint density at radius 2 is 2.23 bits per heavy atom. The number of carbonyl (C=O) groups is 2. The number of rotatable bonds is 4. The topological polar surface area (TPSA) is 61.4 Å². The zero-order valence-corrected chi connectivity index (χ0v) is 7.96. The van der Waals surface area contributed by atoms with Crippen LogP contribution in [0.2, 0.25) is 0 Å². The minimum atomic E-state index is -0.524. The second-order valence-corrected chi connectivity index (χ2v) is 3.09. The van der Waals surface area contributed by atoms with E-state index in [9.17, 15) is 9.59 Å². The van der Waals surface area contributed by atoms with Gasteiger partial charge in [-0.2, -0.15) is 0 Å². The van der Waals surface area contributed by atoms with Crippen LogP contribution < -0.4 is 10.6 Å². The first-order valence-corrected chi connectivity index (χ1v) is 4.48. The highest BCUT2D eigenvalue weighted by Crippen LogP contribution is 2.00. The number of imide groups is 1. The van der Waals surface area contributed by atoms with Gasteiger partial charge >= 0.3 is 6.03 Å². The second-order valence-electron chi connectivity index (χ2n) is 3.09. The van der Waals surface area contributed by atoms with Gasteiger partial charge in [-0.1, -0.05) is 13.3 Å².